The zero-order valence-corrected chi connectivity index (χ0v) is 46.1. The summed E-state index contributed by atoms with van der Waals surface area (Å²) in [6.07, 6.45) is -4.51. The number of anilines is 6. The summed E-state index contributed by atoms with van der Waals surface area (Å²) in [4.78, 5) is 4.59. The molecule has 0 N–H and O–H groups in total. The predicted molar refractivity (Wildman–Crippen MR) is 339 cm³/mol. The zero-order chi connectivity index (χ0) is 56.4. The van der Waals surface area contributed by atoms with Crippen molar-refractivity contribution in [2.24, 2.45) is 0 Å². The summed E-state index contributed by atoms with van der Waals surface area (Å²) >= 11 is 0. The van der Waals surface area contributed by atoms with Crippen molar-refractivity contribution < 1.29 is 13.2 Å². The highest BCUT2D eigenvalue weighted by Crippen LogP contribution is 2.59. The van der Waals surface area contributed by atoms with Gasteiger partial charge in [-0.1, -0.05) is 214 Å². The maximum Gasteiger partial charge on any atom is 0.416 e. The van der Waals surface area contributed by atoms with Gasteiger partial charge in [-0.15, -0.1) is 0 Å². The molecule has 0 bridgehead atoms. The highest BCUT2D eigenvalue weighted by molar-refractivity contribution is 6.18. The second-order valence-corrected chi connectivity index (χ2v) is 22.1. The summed E-state index contributed by atoms with van der Waals surface area (Å²) in [5.74, 6) is 0. The molecule has 0 fully saturated rings. The molecular weight excluding hydrogens is 1020 g/mol. The first-order valence-electron chi connectivity index (χ1n) is 28.1. The number of benzene rings is 12. The molecule has 400 valence electrons. The Balaban J connectivity index is 1.09. The molecule has 0 saturated heterocycles. The molecule has 13 aromatic rings. The molecule has 1 aliphatic rings. The van der Waals surface area contributed by atoms with Crippen molar-refractivity contribution in [3.63, 3.8) is 0 Å². The molecule has 3 nitrogen and oxygen atoms in total. The maximum atomic E-state index is 14.4. The topological polar surface area (TPSA) is 11.4 Å². The number of aromatic nitrogens is 1. The number of hydrogen-bond acceptors (Lipinski definition) is 2. The van der Waals surface area contributed by atoms with Crippen LogP contribution in [-0.4, -0.2) is 4.57 Å². The number of alkyl halides is 3. The summed E-state index contributed by atoms with van der Waals surface area (Å²) in [5, 5.41) is 2.20. The summed E-state index contributed by atoms with van der Waals surface area (Å²) in [5.41, 5.74) is 21.5. The molecule has 0 amide bonds. The second-order valence-electron chi connectivity index (χ2n) is 22.1. The van der Waals surface area contributed by atoms with Crippen LogP contribution in [0.3, 0.4) is 0 Å². The van der Waals surface area contributed by atoms with Gasteiger partial charge in [0.15, 0.2) is 0 Å². The summed E-state index contributed by atoms with van der Waals surface area (Å²) in [6, 6.07) is 97.9. The van der Waals surface area contributed by atoms with Crippen LogP contribution in [0.4, 0.5) is 47.3 Å². The molecule has 1 aliphatic carbocycles. The van der Waals surface area contributed by atoms with Gasteiger partial charge in [0, 0.05) is 55.6 Å². The molecular formula is C77H56F3N3. The molecule has 12 aromatic carbocycles. The summed E-state index contributed by atoms with van der Waals surface area (Å²) < 4.78 is 45.7. The third kappa shape index (κ3) is 8.95. The Morgan fingerprint density at radius 1 is 0.373 bits per heavy atom. The highest BCUT2D eigenvalue weighted by atomic mass is 19.4. The lowest BCUT2D eigenvalue weighted by Gasteiger charge is -2.31. The quantitative estimate of drug-likeness (QED) is 0.128. The van der Waals surface area contributed by atoms with E-state index in [9.17, 15) is 13.2 Å². The van der Waals surface area contributed by atoms with Crippen molar-refractivity contribution in [2.75, 3.05) is 9.80 Å². The van der Waals surface area contributed by atoms with E-state index in [2.05, 4.69) is 254 Å². The van der Waals surface area contributed by atoms with Gasteiger partial charge in [-0.2, -0.15) is 13.2 Å². The van der Waals surface area contributed by atoms with Crippen LogP contribution in [0.25, 0.3) is 83.1 Å². The minimum atomic E-state index is -4.51. The number of aryl methyl sites for hydroxylation is 1. The monoisotopic (exact) mass is 1080 g/mol. The van der Waals surface area contributed by atoms with Crippen molar-refractivity contribution in [3.05, 3.63) is 307 Å². The number of hydrogen-bond donors (Lipinski definition) is 0. The number of halogens is 3. The Bertz CT molecular complexity index is 4530. The van der Waals surface area contributed by atoms with Crippen LogP contribution in [-0.2, 0) is 11.6 Å². The van der Waals surface area contributed by atoms with Crippen LogP contribution in [0.2, 0.25) is 0 Å². The van der Waals surface area contributed by atoms with E-state index in [4.69, 9.17) is 0 Å². The average Bonchev–Trinajstić information content (AvgIpc) is 2.22. The minimum absolute atomic E-state index is 0.468. The molecule has 0 aliphatic heterocycles. The lowest BCUT2D eigenvalue weighted by Crippen LogP contribution is -2.17. The van der Waals surface area contributed by atoms with E-state index in [1.54, 1.807) is 12.1 Å². The van der Waals surface area contributed by atoms with E-state index < -0.39 is 17.2 Å². The minimum Gasteiger partial charge on any atom is -0.310 e. The highest BCUT2D eigenvalue weighted by Gasteiger charge is 2.42. The Morgan fingerprint density at radius 3 is 1.40 bits per heavy atom. The average molecular weight is 1080 g/mol. The van der Waals surface area contributed by atoms with Crippen LogP contribution >= 0.6 is 0 Å². The van der Waals surface area contributed by atoms with Crippen LogP contribution in [0.5, 0.6) is 0 Å². The summed E-state index contributed by atoms with van der Waals surface area (Å²) in [6.45, 7) is 6.85. The molecule has 0 saturated carbocycles. The normalized spacial score (nSPS) is 12.6. The fourth-order valence-electron chi connectivity index (χ4n) is 12.7. The molecule has 1 heterocycles. The fourth-order valence-corrected chi connectivity index (χ4v) is 12.7. The van der Waals surface area contributed by atoms with Crippen LogP contribution in [0, 0.1) is 6.92 Å². The van der Waals surface area contributed by atoms with Crippen LogP contribution < -0.4 is 9.80 Å². The van der Waals surface area contributed by atoms with Crippen molar-refractivity contribution in [3.8, 4) is 61.3 Å². The van der Waals surface area contributed by atoms with Gasteiger partial charge in [-0.05, 0) is 148 Å². The van der Waals surface area contributed by atoms with Crippen molar-refractivity contribution >= 4 is 55.9 Å². The molecule has 0 radical (unpaired) electrons. The van der Waals surface area contributed by atoms with Crippen LogP contribution in [0.1, 0.15) is 36.1 Å². The van der Waals surface area contributed by atoms with Gasteiger partial charge in [0.25, 0.3) is 0 Å². The van der Waals surface area contributed by atoms with Gasteiger partial charge in [0.05, 0.1) is 33.7 Å². The largest absolute Gasteiger partial charge is 0.416 e. The van der Waals surface area contributed by atoms with E-state index in [1.165, 1.54) is 34.4 Å². The van der Waals surface area contributed by atoms with Gasteiger partial charge >= 0.3 is 6.18 Å². The molecule has 0 unspecified atom stereocenters. The Kier molecular flexibility index (Phi) is 12.6. The molecule has 0 spiro atoms. The standard InChI is InChI=1S/C77H56F3N3/c1-51-33-39-61(40-34-51)82(69-46-36-57(53-23-11-5-12-24-53)48-66(69)55-27-15-7-16-28-55)71-50-72-74(75-73(71)63-31-19-20-32-67(63)76(75,2)3)64-44-43-62(49-70(64)83(72)59-29-17-8-18-30-59)81(60-41-37-58(38-42-60)77(78,79)80)68-45-35-56(52-21-9-4-10-22-52)47-65(68)54-25-13-6-14-26-54/h4-50H,1-3H3. The van der Waals surface area contributed by atoms with E-state index in [1.807, 2.05) is 42.5 Å². The van der Waals surface area contributed by atoms with E-state index in [0.29, 0.717) is 5.69 Å². The Morgan fingerprint density at radius 2 is 0.843 bits per heavy atom. The Labute approximate surface area is 482 Å². The second kappa shape index (κ2) is 20.4. The van der Waals surface area contributed by atoms with Crippen molar-refractivity contribution in [2.45, 2.75) is 32.4 Å². The van der Waals surface area contributed by atoms with Gasteiger partial charge in [0.2, 0.25) is 0 Å². The summed E-state index contributed by atoms with van der Waals surface area (Å²) in [7, 11) is 0. The lowest BCUT2D eigenvalue weighted by molar-refractivity contribution is -0.137. The van der Waals surface area contributed by atoms with Crippen molar-refractivity contribution in [1.82, 2.24) is 4.57 Å². The number of fused-ring (bicyclic) bond motifs is 7. The smallest absolute Gasteiger partial charge is 0.310 e. The van der Waals surface area contributed by atoms with Crippen molar-refractivity contribution in [1.29, 1.82) is 0 Å². The van der Waals surface area contributed by atoms with Gasteiger partial charge in [-0.3, -0.25) is 0 Å². The fraction of sp³-hybridized carbons (Fsp3) is 0.0649. The van der Waals surface area contributed by atoms with Gasteiger partial charge < -0.3 is 14.4 Å². The number of rotatable bonds is 11. The van der Waals surface area contributed by atoms with Gasteiger partial charge in [0.1, 0.15) is 0 Å². The Hall–Kier alpha value is -10.2. The molecule has 0 atom stereocenters. The first-order chi connectivity index (χ1) is 40.5. The van der Waals surface area contributed by atoms with E-state index in [-0.39, 0.29) is 0 Å². The maximum absolute atomic E-state index is 14.4. The van der Waals surface area contributed by atoms with Gasteiger partial charge in [-0.25, -0.2) is 0 Å². The van der Waals surface area contributed by atoms with Crippen LogP contribution in [0.15, 0.2) is 285 Å². The number of para-hydroxylation sites is 1. The number of nitrogens with zero attached hydrogens (tertiary/aromatic N) is 3. The molecule has 6 heteroatoms. The third-order valence-electron chi connectivity index (χ3n) is 16.6. The zero-order valence-electron chi connectivity index (χ0n) is 46.1. The first kappa shape index (κ1) is 51.0. The molecule has 1 aromatic heterocycles. The van der Waals surface area contributed by atoms with E-state index >= 15 is 0 Å². The third-order valence-corrected chi connectivity index (χ3v) is 16.6. The van der Waals surface area contributed by atoms with E-state index in [0.717, 1.165) is 106 Å². The lowest BCUT2D eigenvalue weighted by atomic mass is 9.80. The SMILES string of the molecule is Cc1ccc(N(c2ccc(-c3ccccc3)cc2-c2ccccc2)c2cc3c(c4c2-c2ccccc2C4(C)C)c2ccc(N(c4ccc(C(F)(F)F)cc4)c4ccc(-c5ccccc5)cc4-c4ccccc4)cc2n3-c2ccccc2)cc1. The predicted octanol–water partition coefficient (Wildman–Crippen LogP) is 22.0. The molecule has 14 rings (SSSR count). The molecule has 83 heavy (non-hydrogen) atoms. The first-order valence-corrected chi connectivity index (χ1v) is 28.1.